The molecule has 0 aromatic heterocycles. The highest BCUT2D eigenvalue weighted by molar-refractivity contribution is 6.98. The molecule has 2 heteroatoms. The first kappa shape index (κ1) is 13.4. The molecule has 0 N–H and O–H groups in total. The van der Waals surface area contributed by atoms with Gasteiger partial charge in [0.2, 0.25) is 0 Å². The zero-order chi connectivity index (χ0) is 9.78. The van der Waals surface area contributed by atoms with Gasteiger partial charge in [-0.25, -0.2) is 4.05 Å². The Balaban J connectivity index is 2.95. The van der Waals surface area contributed by atoms with Gasteiger partial charge in [-0.2, -0.15) is 0 Å². The first-order chi connectivity index (χ1) is 6.41. The van der Waals surface area contributed by atoms with Gasteiger partial charge in [-0.3, -0.25) is 0 Å². The third kappa shape index (κ3) is 12.4. The van der Waals surface area contributed by atoms with Gasteiger partial charge in [0.05, 0.1) is 0 Å². The summed E-state index contributed by atoms with van der Waals surface area (Å²) in [5.74, 6) is 3.10. The van der Waals surface area contributed by atoms with Crippen LogP contribution in [0, 0.1) is 9.97 Å². The van der Waals surface area contributed by atoms with Gasteiger partial charge < -0.3 is 9.07 Å². The highest BCUT2D eigenvalue weighted by atomic mass is 35.5. The predicted molar refractivity (Wildman–Crippen MR) is 61.9 cm³/mol. The van der Waals surface area contributed by atoms with Gasteiger partial charge in [-0.15, -0.1) is 12.5 Å². The molecule has 0 aliphatic heterocycles. The zero-order valence-electron chi connectivity index (χ0n) is 8.32. The quantitative estimate of drug-likeness (QED) is 0.259. The van der Waals surface area contributed by atoms with Gasteiger partial charge in [0, 0.05) is 6.42 Å². The van der Waals surface area contributed by atoms with Crippen LogP contribution in [-0.4, -0.2) is 19.3 Å². The van der Waals surface area contributed by atoms with Crippen molar-refractivity contribution in [1.82, 2.24) is 0 Å². The molecule has 13 heavy (non-hydrogen) atoms. The SMILES string of the molecule is C=CCCCCCCCC#[C][Mg][Cl]. The summed E-state index contributed by atoms with van der Waals surface area (Å²) in [6.45, 7) is 3.70. The highest BCUT2D eigenvalue weighted by Crippen LogP contribution is 2.06. The van der Waals surface area contributed by atoms with E-state index in [9.17, 15) is 0 Å². The van der Waals surface area contributed by atoms with Crippen molar-refractivity contribution in [2.24, 2.45) is 0 Å². The van der Waals surface area contributed by atoms with Crippen molar-refractivity contribution in [1.29, 1.82) is 0 Å². The topological polar surface area (TPSA) is 0 Å². The Morgan fingerprint density at radius 2 is 1.85 bits per heavy atom. The van der Waals surface area contributed by atoms with Gasteiger partial charge in [-0.05, 0) is 19.3 Å². The second kappa shape index (κ2) is 12.4. The lowest BCUT2D eigenvalue weighted by Crippen LogP contribution is -1.78. The Bertz CT molecular complexity index is 167. The minimum Gasteiger partial charge on any atom is -0.316 e. The van der Waals surface area contributed by atoms with E-state index in [2.05, 4.69) is 16.5 Å². The normalized spacial score (nSPS) is 8.38. The summed E-state index contributed by atoms with van der Waals surface area (Å²) in [5.41, 5.74) is 0. The average Bonchev–Trinajstić information content (AvgIpc) is 2.16. The van der Waals surface area contributed by atoms with Crippen molar-refractivity contribution in [2.75, 3.05) is 0 Å². The van der Waals surface area contributed by atoms with Crippen molar-refractivity contribution in [3.05, 3.63) is 12.7 Å². The Hall–Kier alpha value is 0.356. The molecule has 0 aromatic rings. The molecule has 0 amide bonds. The maximum Gasteiger partial charge on any atom is 0.598 e. The first-order valence-electron chi connectivity index (χ1n) is 5.04. The van der Waals surface area contributed by atoms with Crippen molar-refractivity contribution >= 4 is 28.3 Å². The predicted octanol–water partition coefficient (Wildman–Crippen LogP) is 3.72. The largest absolute Gasteiger partial charge is 0.598 e. The van der Waals surface area contributed by atoms with E-state index in [1.165, 1.54) is 32.1 Å². The Morgan fingerprint density at radius 1 is 1.15 bits per heavy atom. The van der Waals surface area contributed by atoms with Crippen LogP contribution in [0.2, 0.25) is 0 Å². The minimum absolute atomic E-state index is 0.537. The van der Waals surface area contributed by atoms with E-state index in [-0.39, 0.29) is 0 Å². The monoisotopic (exact) mass is 208 g/mol. The molecule has 0 nitrogen and oxygen atoms in total. The maximum atomic E-state index is 5.55. The van der Waals surface area contributed by atoms with Crippen molar-refractivity contribution in [2.45, 2.75) is 44.9 Å². The van der Waals surface area contributed by atoms with E-state index in [0.29, 0.717) is 0 Å². The standard InChI is InChI=1S/C11H17.ClH.Mg/c1-3-5-7-9-11-10-8-6-4-2;;/h3H,1,5-11H2;1H;/q;;+1/p-1. The van der Waals surface area contributed by atoms with E-state index in [0.717, 1.165) is 12.8 Å². The minimum atomic E-state index is -0.537. The molecule has 0 aromatic carbocycles. The molecule has 0 atom stereocenters. The van der Waals surface area contributed by atoms with Crippen molar-refractivity contribution < 1.29 is 0 Å². The second-order valence-electron chi connectivity index (χ2n) is 3.08. The number of halogens is 1. The van der Waals surface area contributed by atoms with Gasteiger partial charge in [0.1, 0.15) is 0 Å². The number of unbranched alkanes of at least 4 members (excludes halogenated alkanes) is 6. The molecular weight excluding hydrogens is 192 g/mol. The van der Waals surface area contributed by atoms with E-state index in [1.54, 1.807) is 0 Å². The smallest absolute Gasteiger partial charge is 0.316 e. The van der Waals surface area contributed by atoms with Crippen LogP contribution in [0.15, 0.2) is 12.7 Å². The fourth-order valence-corrected chi connectivity index (χ4v) is 1.72. The Kier molecular flexibility index (Phi) is 12.7. The van der Waals surface area contributed by atoms with Gasteiger partial charge in [0.25, 0.3) is 0 Å². The second-order valence-corrected chi connectivity index (χ2v) is 4.50. The van der Waals surface area contributed by atoms with E-state index in [1.807, 2.05) is 6.08 Å². The molecule has 0 spiro atoms. The van der Waals surface area contributed by atoms with E-state index in [4.69, 9.17) is 9.07 Å². The summed E-state index contributed by atoms with van der Waals surface area (Å²) in [5, 5.41) is 0. The summed E-state index contributed by atoms with van der Waals surface area (Å²) in [6, 6.07) is 0. The third-order valence-corrected chi connectivity index (χ3v) is 2.69. The number of hydrogen-bond acceptors (Lipinski definition) is 0. The molecule has 0 aliphatic carbocycles. The highest BCUT2D eigenvalue weighted by Gasteiger charge is 1.88. The number of allylic oxidation sites excluding steroid dienone is 1. The first-order valence-corrected chi connectivity index (χ1v) is 7.89. The average molecular weight is 209 g/mol. The lowest BCUT2D eigenvalue weighted by atomic mass is 10.1. The van der Waals surface area contributed by atoms with Crippen LogP contribution < -0.4 is 0 Å². The molecule has 0 aliphatic rings. The molecule has 0 rings (SSSR count). The van der Waals surface area contributed by atoms with E-state index < -0.39 is 19.3 Å². The molecule has 0 heterocycles. The molecule has 0 saturated carbocycles. The summed E-state index contributed by atoms with van der Waals surface area (Å²) in [4.78, 5) is 0. The van der Waals surface area contributed by atoms with Crippen LogP contribution in [0.3, 0.4) is 0 Å². The summed E-state index contributed by atoms with van der Waals surface area (Å²) >= 11 is -0.537. The summed E-state index contributed by atoms with van der Waals surface area (Å²) in [7, 11) is 5.55. The van der Waals surface area contributed by atoms with E-state index >= 15 is 0 Å². The van der Waals surface area contributed by atoms with Gasteiger partial charge >= 0.3 is 19.3 Å². The lowest BCUT2D eigenvalue weighted by Gasteiger charge is -1.96. The van der Waals surface area contributed by atoms with Crippen molar-refractivity contribution in [3.8, 4) is 9.97 Å². The maximum absolute atomic E-state index is 5.55. The fourth-order valence-electron chi connectivity index (χ4n) is 1.17. The Labute approximate surface area is 95.6 Å². The number of hydrogen-bond donors (Lipinski definition) is 0. The van der Waals surface area contributed by atoms with Gasteiger partial charge in [-0.1, -0.05) is 25.3 Å². The zero-order valence-corrected chi connectivity index (χ0v) is 10.5. The molecule has 0 fully saturated rings. The van der Waals surface area contributed by atoms with Crippen LogP contribution in [0.25, 0.3) is 0 Å². The van der Waals surface area contributed by atoms with Crippen LogP contribution in [0.1, 0.15) is 44.9 Å². The van der Waals surface area contributed by atoms with Crippen LogP contribution in [0.4, 0.5) is 0 Å². The molecule has 0 bridgehead atoms. The van der Waals surface area contributed by atoms with Crippen LogP contribution in [0.5, 0.6) is 0 Å². The number of rotatable bonds is 7. The molecular formula is C11H17ClMg. The van der Waals surface area contributed by atoms with Crippen molar-refractivity contribution in [3.63, 3.8) is 0 Å². The van der Waals surface area contributed by atoms with Crippen LogP contribution >= 0.6 is 9.07 Å². The fraction of sp³-hybridized carbons (Fsp3) is 0.636. The molecule has 0 radical (unpaired) electrons. The third-order valence-electron chi connectivity index (χ3n) is 1.90. The molecule has 0 unspecified atom stereocenters. The lowest BCUT2D eigenvalue weighted by molar-refractivity contribution is 0.625. The Morgan fingerprint density at radius 3 is 2.54 bits per heavy atom. The molecule has 70 valence electrons. The molecule has 0 saturated heterocycles. The summed E-state index contributed by atoms with van der Waals surface area (Å²) < 4.78 is 3.00. The summed E-state index contributed by atoms with van der Waals surface area (Å²) in [6.07, 6.45) is 10.7. The van der Waals surface area contributed by atoms with Crippen LogP contribution in [-0.2, 0) is 0 Å². The van der Waals surface area contributed by atoms with Gasteiger partial charge in [0.15, 0.2) is 0 Å².